The van der Waals surface area contributed by atoms with Gasteiger partial charge in [0.2, 0.25) is 0 Å². The molecule has 0 fully saturated rings. The van der Waals surface area contributed by atoms with Gasteiger partial charge >= 0.3 is 0 Å². The van der Waals surface area contributed by atoms with Crippen molar-refractivity contribution in [2.24, 2.45) is 0 Å². The zero-order valence-corrected chi connectivity index (χ0v) is 9.82. The van der Waals surface area contributed by atoms with Gasteiger partial charge in [0, 0.05) is 7.11 Å². The Hall–Kier alpha value is -1.39. The Morgan fingerprint density at radius 2 is 1.94 bits per heavy atom. The molecule has 16 heavy (non-hydrogen) atoms. The first-order valence-corrected chi connectivity index (χ1v) is 5.15. The van der Waals surface area contributed by atoms with E-state index in [1.54, 1.807) is 0 Å². The van der Waals surface area contributed by atoms with Gasteiger partial charge in [0.05, 0.1) is 7.11 Å². The number of ether oxygens (including phenoxy) is 1. The van der Waals surface area contributed by atoms with Crippen molar-refractivity contribution < 1.29 is 14.4 Å². The van der Waals surface area contributed by atoms with Gasteiger partial charge in [-0.05, 0) is 12.0 Å². The van der Waals surface area contributed by atoms with Gasteiger partial charge in [0.25, 0.3) is 5.91 Å². The lowest BCUT2D eigenvalue weighted by atomic mass is 9.90. The topological polar surface area (TPSA) is 47.6 Å². The summed E-state index contributed by atoms with van der Waals surface area (Å²) in [5, 5.41) is 0. The summed E-state index contributed by atoms with van der Waals surface area (Å²) >= 11 is 0. The van der Waals surface area contributed by atoms with Gasteiger partial charge in [0.1, 0.15) is 0 Å². The van der Waals surface area contributed by atoms with Gasteiger partial charge < -0.3 is 4.74 Å². The molecule has 0 heterocycles. The van der Waals surface area contributed by atoms with Crippen molar-refractivity contribution in [2.75, 3.05) is 14.2 Å². The molecule has 0 radical (unpaired) electrons. The highest BCUT2D eigenvalue weighted by molar-refractivity contribution is 5.85. The van der Waals surface area contributed by atoms with E-state index in [2.05, 4.69) is 10.3 Å². The predicted molar refractivity (Wildman–Crippen MR) is 60.6 cm³/mol. The Labute approximate surface area is 95.5 Å². The Bertz CT molecular complexity index is 333. The fourth-order valence-electron chi connectivity index (χ4n) is 1.73. The highest BCUT2D eigenvalue weighted by Gasteiger charge is 2.38. The minimum absolute atomic E-state index is 0.300. The van der Waals surface area contributed by atoms with E-state index in [1.807, 2.05) is 37.3 Å². The average Bonchev–Trinajstić information content (AvgIpc) is 2.33. The first-order chi connectivity index (χ1) is 7.71. The zero-order chi connectivity index (χ0) is 12.0. The number of nitrogens with one attached hydrogen (secondary N) is 1. The summed E-state index contributed by atoms with van der Waals surface area (Å²) in [7, 11) is 2.92. The first-order valence-electron chi connectivity index (χ1n) is 5.15. The van der Waals surface area contributed by atoms with E-state index >= 15 is 0 Å². The third-order valence-corrected chi connectivity index (χ3v) is 2.65. The van der Waals surface area contributed by atoms with Crippen LogP contribution in [0.3, 0.4) is 0 Å². The van der Waals surface area contributed by atoms with Crippen LogP contribution in [0.15, 0.2) is 30.3 Å². The van der Waals surface area contributed by atoms with E-state index in [9.17, 15) is 4.79 Å². The van der Waals surface area contributed by atoms with E-state index in [4.69, 9.17) is 4.74 Å². The molecule has 0 saturated carbocycles. The molecule has 0 aliphatic heterocycles. The lowest BCUT2D eigenvalue weighted by molar-refractivity contribution is -0.156. The standard InChI is InChI=1S/C12H17NO3/c1-4-12(15-2,11(14)13-16-3)10-8-6-5-7-9-10/h5-9H,4H2,1-3H3,(H,13,14). The molecule has 0 bridgehead atoms. The molecule has 4 heteroatoms. The molecule has 0 aromatic heterocycles. The maximum atomic E-state index is 12.0. The van der Waals surface area contributed by atoms with Crippen LogP contribution in [0.2, 0.25) is 0 Å². The highest BCUT2D eigenvalue weighted by atomic mass is 16.6. The summed E-state index contributed by atoms with van der Waals surface area (Å²) in [4.78, 5) is 16.6. The number of hydrogen-bond acceptors (Lipinski definition) is 3. The summed E-state index contributed by atoms with van der Waals surface area (Å²) in [6.45, 7) is 1.89. The van der Waals surface area contributed by atoms with Crippen LogP contribution in [-0.2, 0) is 20.0 Å². The molecule has 1 unspecified atom stereocenters. The Morgan fingerprint density at radius 1 is 1.31 bits per heavy atom. The summed E-state index contributed by atoms with van der Waals surface area (Å²) in [5.74, 6) is -0.300. The van der Waals surface area contributed by atoms with Crippen LogP contribution in [0.5, 0.6) is 0 Å². The molecule has 1 rings (SSSR count). The summed E-state index contributed by atoms with van der Waals surface area (Å²) in [5.41, 5.74) is 2.15. The molecule has 1 aromatic carbocycles. The molecule has 4 nitrogen and oxygen atoms in total. The van der Waals surface area contributed by atoms with E-state index in [0.29, 0.717) is 6.42 Å². The minimum atomic E-state index is -0.989. The third kappa shape index (κ3) is 2.23. The van der Waals surface area contributed by atoms with E-state index in [0.717, 1.165) is 5.56 Å². The van der Waals surface area contributed by atoms with Crippen LogP contribution >= 0.6 is 0 Å². The van der Waals surface area contributed by atoms with Crippen LogP contribution < -0.4 is 5.48 Å². The largest absolute Gasteiger partial charge is 0.364 e. The molecule has 0 aliphatic carbocycles. The molecule has 88 valence electrons. The van der Waals surface area contributed by atoms with Crippen molar-refractivity contribution >= 4 is 5.91 Å². The lowest BCUT2D eigenvalue weighted by Crippen LogP contribution is -2.45. The lowest BCUT2D eigenvalue weighted by Gasteiger charge is -2.29. The quantitative estimate of drug-likeness (QED) is 0.771. The molecule has 0 spiro atoms. The number of hydrogen-bond donors (Lipinski definition) is 1. The van der Waals surface area contributed by atoms with Crippen molar-refractivity contribution in [2.45, 2.75) is 18.9 Å². The molecule has 0 aliphatic rings. The van der Waals surface area contributed by atoms with Crippen LogP contribution in [0, 0.1) is 0 Å². The highest BCUT2D eigenvalue weighted by Crippen LogP contribution is 2.28. The fourth-order valence-corrected chi connectivity index (χ4v) is 1.73. The Morgan fingerprint density at radius 3 is 2.38 bits per heavy atom. The van der Waals surface area contributed by atoms with E-state index in [-0.39, 0.29) is 5.91 Å². The molecular formula is C12H17NO3. The molecule has 1 N–H and O–H groups in total. The van der Waals surface area contributed by atoms with Crippen molar-refractivity contribution in [1.29, 1.82) is 0 Å². The SMILES string of the molecule is CCC(OC)(C(=O)NOC)c1ccccc1. The maximum absolute atomic E-state index is 12.0. The molecule has 1 amide bonds. The molecule has 0 saturated heterocycles. The van der Waals surface area contributed by atoms with Gasteiger partial charge in [-0.3, -0.25) is 9.63 Å². The Kier molecular flexibility index (Phi) is 4.46. The van der Waals surface area contributed by atoms with Crippen molar-refractivity contribution in [3.63, 3.8) is 0 Å². The molecule has 1 aromatic rings. The molecular weight excluding hydrogens is 206 g/mol. The van der Waals surface area contributed by atoms with Gasteiger partial charge in [-0.15, -0.1) is 0 Å². The number of methoxy groups -OCH3 is 1. The molecule has 1 atom stereocenters. The van der Waals surface area contributed by atoms with Gasteiger partial charge in [0.15, 0.2) is 5.60 Å². The zero-order valence-electron chi connectivity index (χ0n) is 9.82. The van der Waals surface area contributed by atoms with Crippen LogP contribution in [-0.4, -0.2) is 20.1 Å². The van der Waals surface area contributed by atoms with Gasteiger partial charge in [-0.1, -0.05) is 37.3 Å². The monoisotopic (exact) mass is 223 g/mol. The van der Waals surface area contributed by atoms with Crippen LogP contribution in [0.1, 0.15) is 18.9 Å². The predicted octanol–water partition coefficient (Wildman–Crippen LogP) is 1.62. The fraction of sp³-hybridized carbons (Fsp3) is 0.417. The van der Waals surface area contributed by atoms with Gasteiger partial charge in [-0.2, -0.15) is 0 Å². The van der Waals surface area contributed by atoms with E-state index < -0.39 is 5.60 Å². The number of carbonyl (C=O) groups excluding carboxylic acids is 1. The third-order valence-electron chi connectivity index (χ3n) is 2.65. The normalized spacial score (nSPS) is 14.2. The maximum Gasteiger partial charge on any atom is 0.280 e. The minimum Gasteiger partial charge on any atom is -0.364 e. The van der Waals surface area contributed by atoms with Gasteiger partial charge in [-0.25, -0.2) is 5.48 Å². The second kappa shape index (κ2) is 5.63. The second-order valence-electron chi connectivity index (χ2n) is 3.39. The summed E-state index contributed by atoms with van der Waals surface area (Å²) in [6, 6.07) is 9.37. The van der Waals surface area contributed by atoms with Crippen molar-refractivity contribution in [3.8, 4) is 0 Å². The van der Waals surface area contributed by atoms with Crippen LogP contribution in [0.25, 0.3) is 0 Å². The van der Waals surface area contributed by atoms with Crippen molar-refractivity contribution in [3.05, 3.63) is 35.9 Å². The van der Waals surface area contributed by atoms with E-state index in [1.165, 1.54) is 14.2 Å². The van der Waals surface area contributed by atoms with Crippen molar-refractivity contribution in [1.82, 2.24) is 5.48 Å². The second-order valence-corrected chi connectivity index (χ2v) is 3.39. The smallest absolute Gasteiger partial charge is 0.280 e. The van der Waals surface area contributed by atoms with Crippen LogP contribution in [0.4, 0.5) is 0 Å². The summed E-state index contributed by atoms with van der Waals surface area (Å²) < 4.78 is 5.40. The Balaban J connectivity index is 3.10. The number of benzene rings is 1. The number of hydroxylamine groups is 1. The number of amides is 1. The number of carbonyl (C=O) groups is 1. The average molecular weight is 223 g/mol. The first kappa shape index (κ1) is 12.7. The number of rotatable bonds is 5. The summed E-state index contributed by atoms with van der Waals surface area (Å²) in [6.07, 6.45) is 0.530.